The summed E-state index contributed by atoms with van der Waals surface area (Å²) in [6, 6.07) is 12.7. The van der Waals surface area contributed by atoms with Gasteiger partial charge in [0.2, 0.25) is 0 Å². The summed E-state index contributed by atoms with van der Waals surface area (Å²) in [6.45, 7) is 4.22. The van der Waals surface area contributed by atoms with Crippen molar-refractivity contribution in [2.45, 2.75) is 39.5 Å². The summed E-state index contributed by atoms with van der Waals surface area (Å²) in [7, 11) is 0. The molecule has 0 atom stereocenters. The molecule has 0 radical (unpaired) electrons. The van der Waals surface area contributed by atoms with Gasteiger partial charge in [0.05, 0.1) is 12.2 Å². The monoisotopic (exact) mass is 550 g/mol. The van der Waals surface area contributed by atoms with E-state index in [2.05, 4.69) is 15.6 Å². The van der Waals surface area contributed by atoms with Crippen LogP contribution in [0.25, 0.3) is 4.96 Å². The second kappa shape index (κ2) is 12.4. The number of unbranched alkanes of at least 4 members (excludes halogenated alkanes) is 1. The number of amides is 2. The number of ether oxygens (including phenoxy) is 1. The van der Waals surface area contributed by atoms with Gasteiger partial charge in [-0.05, 0) is 55.3 Å². The van der Waals surface area contributed by atoms with Crippen molar-refractivity contribution in [3.05, 3.63) is 92.6 Å². The molecular formula is C28H27FN4O5S. The second-order valence-electron chi connectivity index (χ2n) is 8.72. The fraction of sp³-hybridized carbons (Fsp3) is 0.250. The molecule has 2 aromatic carbocycles. The van der Waals surface area contributed by atoms with E-state index in [4.69, 9.17) is 4.74 Å². The molecule has 202 valence electrons. The van der Waals surface area contributed by atoms with Crippen molar-refractivity contribution < 1.29 is 23.5 Å². The van der Waals surface area contributed by atoms with Gasteiger partial charge in [-0.25, -0.2) is 18.6 Å². The molecule has 0 fully saturated rings. The Morgan fingerprint density at radius 2 is 1.72 bits per heavy atom. The van der Waals surface area contributed by atoms with E-state index < -0.39 is 29.2 Å². The summed E-state index contributed by atoms with van der Waals surface area (Å²) in [5.74, 6) is -2.39. The van der Waals surface area contributed by atoms with Crippen molar-refractivity contribution in [1.29, 1.82) is 0 Å². The van der Waals surface area contributed by atoms with Crippen LogP contribution in [-0.4, -0.2) is 33.8 Å². The van der Waals surface area contributed by atoms with Crippen LogP contribution in [0.4, 0.5) is 15.8 Å². The van der Waals surface area contributed by atoms with E-state index in [1.165, 1.54) is 36.4 Å². The molecule has 9 nitrogen and oxygen atoms in total. The molecule has 2 aromatic heterocycles. The SMILES string of the molecule is CCCCOC(=O)c1cccc(NC(=O)c2c(C(=O)Nc3ccc(F)cc3)sc3nc(CCC)cc(=O)n23)c1. The Balaban J connectivity index is 1.70. The lowest BCUT2D eigenvalue weighted by Crippen LogP contribution is -2.25. The maximum absolute atomic E-state index is 13.5. The Morgan fingerprint density at radius 3 is 2.44 bits per heavy atom. The van der Waals surface area contributed by atoms with E-state index in [0.29, 0.717) is 17.8 Å². The number of carbonyl (C=O) groups excluding carboxylic acids is 3. The third-order valence-electron chi connectivity index (χ3n) is 5.69. The maximum atomic E-state index is 13.5. The second-order valence-corrected chi connectivity index (χ2v) is 9.70. The van der Waals surface area contributed by atoms with E-state index in [1.54, 1.807) is 18.2 Å². The van der Waals surface area contributed by atoms with E-state index in [9.17, 15) is 23.6 Å². The maximum Gasteiger partial charge on any atom is 0.338 e. The lowest BCUT2D eigenvalue weighted by atomic mass is 10.2. The first-order valence-electron chi connectivity index (χ1n) is 12.5. The highest BCUT2D eigenvalue weighted by Crippen LogP contribution is 2.25. The molecule has 4 aromatic rings. The zero-order valence-electron chi connectivity index (χ0n) is 21.5. The smallest absolute Gasteiger partial charge is 0.338 e. The predicted molar refractivity (Wildman–Crippen MR) is 147 cm³/mol. The van der Waals surface area contributed by atoms with Crippen LogP contribution in [0.1, 0.15) is 69.3 Å². The molecule has 11 heteroatoms. The van der Waals surface area contributed by atoms with Crippen LogP contribution in [0.2, 0.25) is 0 Å². The number of fused-ring (bicyclic) bond motifs is 1. The van der Waals surface area contributed by atoms with Gasteiger partial charge in [0.1, 0.15) is 16.4 Å². The number of anilines is 2. The van der Waals surface area contributed by atoms with Gasteiger partial charge in [0.25, 0.3) is 17.4 Å². The minimum absolute atomic E-state index is 0.0507. The number of rotatable bonds is 10. The fourth-order valence-electron chi connectivity index (χ4n) is 3.79. The minimum atomic E-state index is -0.742. The molecule has 2 heterocycles. The third-order valence-corrected chi connectivity index (χ3v) is 6.73. The highest BCUT2D eigenvalue weighted by atomic mass is 32.1. The highest BCUT2D eigenvalue weighted by molar-refractivity contribution is 7.19. The number of aryl methyl sites for hydroxylation is 1. The number of nitrogens with zero attached hydrogens (tertiary/aromatic N) is 2. The summed E-state index contributed by atoms with van der Waals surface area (Å²) in [5.41, 5.74) is 0.682. The van der Waals surface area contributed by atoms with Crippen molar-refractivity contribution in [3.63, 3.8) is 0 Å². The van der Waals surface area contributed by atoms with Crippen LogP contribution in [0.3, 0.4) is 0 Å². The van der Waals surface area contributed by atoms with Gasteiger partial charge in [-0.2, -0.15) is 0 Å². The zero-order valence-corrected chi connectivity index (χ0v) is 22.3. The minimum Gasteiger partial charge on any atom is -0.462 e. The summed E-state index contributed by atoms with van der Waals surface area (Å²) in [5, 5.41) is 5.31. The van der Waals surface area contributed by atoms with Gasteiger partial charge >= 0.3 is 5.97 Å². The van der Waals surface area contributed by atoms with Crippen LogP contribution >= 0.6 is 11.3 Å². The molecule has 0 aliphatic heterocycles. The Kier molecular flexibility index (Phi) is 8.82. The molecule has 0 saturated heterocycles. The summed E-state index contributed by atoms with van der Waals surface area (Å²) >= 11 is 0.898. The Hall–Kier alpha value is -4.38. The van der Waals surface area contributed by atoms with Crippen LogP contribution in [0.5, 0.6) is 0 Å². The van der Waals surface area contributed by atoms with E-state index >= 15 is 0 Å². The molecule has 0 saturated carbocycles. The van der Waals surface area contributed by atoms with E-state index in [0.717, 1.165) is 35.0 Å². The molecule has 4 rings (SSSR count). The lowest BCUT2D eigenvalue weighted by Gasteiger charge is -2.10. The van der Waals surface area contributed by atoms with Gasteiger partial charge in [-0.15, -0.1) is 0 Å². The first-order valence-corrected chi connectivity index (χ1v) is 13.3. The van der Waals surface area contributed by atoms with Crippen LogP contribution < -0.4 is 16.2 Å². The Bertz CT molecular complexity index is 1580. The zero-order chi connectivity index (χ0) is 27.9. The number of thiazole rings is 1. The topological polar surface area (TPSA) is 119 Å². The van der Waals surface area contributed by atoms with Crippen LogP contribution in [-0.2, 0) is 11.2 Å². The van der Waals surface area contributed by atoms with Crippen molar-refractivity contribution >= 4 is 45.5 Å². The summed E-state index contributed by atoms with van der Waals surface area (Å²) in [4.78, 5) is 56.8. The average Bonchev–Trinajstić information content (AvgIpc) is 3.31. The quantitative estimate of drug-likeness (QED) is 0.204. The number of esters is 1. The molecular weight excluding hydrogens is 523 g/mol. The number of hydrogen-bond donors (Lipinski definition) is 2. The number of aromatic nitrogens is 2. The van der Waals surface area contributed by atoms with Crippen molar-refractivity contribution in [1.82, 2.24) is 9.38 Å². The molecule has 39 heavy (non-hydrogen) atoms. The van der Waals surface area contributed by atoms with Gasteiger partial charge in [-0.1, -0.05) is 44.1 Å². The number of hydrogen-bond acceptors (Lipinski definition) is 7. The van der Waals surface area contributed by atoms with E-state index in [-0.39, 0.29) is 33.4 Å². The first kappa shape index (κ1) is 27.6. The van der Waals surface area contributed by atoms with Gasteiger partial charge in [-0.3, -0.25) is 14.4 Å². The molecule has 0 unspecified atom stereocenters. The predicted octanol–water partition coefficient (Wildman–Crippen LogP) is 5.31. The van der Waals surface area contributed by atoms with Crippen LogP contribution in [0.15, 0.2) is 59.4 Å². The molecule has 0 aliphatic carbocycles. The Morgan fingerprint density at radius 1 is 0.974 bits per heavy atom. The molecule has 0 bridgehead atoms. The molecule has 2 N–H and O–H groups in total. The number of benzene rings is 2. The van der Waals surface area contributed by atoms with Crippen molar-refractivity contribution in [3.8, 4) is 0 Å². The molecule has 0 aliphatic rings. The Labute approximate surface area is 227 Å². The number of halogens is 1. The van der Waals surface area contributed by atoms with Crippen LogP contribution in [0, 0.1) is 5.82 Å². The van der Waals surface area contributed by atoms with Gasteiger partial charge < -0.3 is 15.4 Å². The highest BCUT2D eigenvalue weighted by Gasteiger charge is 2.27. The number of carbonyl (C=O) groups is 3. The largest absolute Gasteiger partial charge is 0.462 e. The fourth-order valence-corrected chi connectivity index (χ4v) is 4.83. The normalized spacial score (nSPS) is 10.8. The van der Waals surface area contributed by atoms with Gasteiger partial charge in [0, 0.05) is 23.1 Å². The average molecular weight is 551 g/mol. The summed E-state index contributed by atoms with van der Waals surface area (Å²) in [6.07, 6.45) is 2.93. The third kappa shape index (κ3) is 6.55. The van der Waals surface area contributed by atoms with Crippen molar-refractivity contribution in [2.24, 2.45) is 0 Å². The first-order chi connectivity index (χ1) is 18.8. The lowest BCUT2D eigenvalue weighted by molar-refractivity contribution is 0.0499. The standard InChI is InChI=1S/C28H27FN4O5S/c1-3-5-14-38-27(37)17-8-6-9-21(15-17)31-25(35)23-24(26(36)30-19-12-10-18(29)11-13-19)39-28-32-20(7-4-2)16-22(34)33(23)28/h6,8-13,15-16H,3-5,7,14H2,1-2H3,(H,30,36)(H,31,35). The molecule has 0 spiro atoms. The summed E-state index contributed by atoms with van der Waals surface area (Å²) < 4.78 is 19.7. The number of nitrogens with one attached hydrogen (secondary N) is 2. The van der Waals surface area contributed by atoms with E-state index in [1.807, 2.05) is 13.8 Å². The molecule has 2 amide bonds. The van der Waals surface area contributed by atoms with Crippen molar-refractivity contribution in [2.75, 3.05) is 17.2 Å². The van der Waals surface area contributed by atoms with Gasteiger partial charge in [0.15, 0.2) is 4.96 Å².